The molecule has 0 saturated heterocycles. The van der Waals surface area contributed by atoms with E-state index < -0.39 is 0 Å². The Balaban J connectivity index is 2.03. The van der Waals surface area contributed by atoms with Crippen LogP contribution in [-0.2, 0) is 13.0 Å². The molecule has 0 spiro atoms. The molecule has 0 aliphatic rings. The van der Waals surface area contributed by atoms with E-state index in [9.17, 15) is 0 Å². The van der Waals surface area contributed by atoms with Crippen LogP contribution in [0.15, 0.2) is 42.7 Å². The van der Waals surface area contributed by atoms with E-state index in [1.807, 2.05) is 12.4 Å². The summed E-state index contributed by atoms with van der Waals surface area (Å²) in [6, 6.07) is 10.9. The lowest BCUT2D eigenvalue weighted by atomic mass is 9.99. The molecule has 0 saturated carbocycles. The molecule has 0 fully saturated rings. The van der Waals surface area contributed by atoms with E-state index in [0.717, 1.165) is 19.5 Å². The molecular weight excluding hydrogens is 232 g/mol. The van der Waals surface area contributed by atoms with Gasteiger partial charge in [0.2, 0.25) is 0 Å². The van der Waals surface area contributed by atoms with Crippen LogP contribution >= 0.6 is 0 Å². The molecule has 19 heavy (non-hydrogen) atoms. The number of nitrogens with one attached hydrogen (secondary N) is 1. The number of nitrogens with zero attached hydrogens (tertiary/aromatic N) is 1. The molecule has 0 unspecified atom stereocenters. The fourth-order valence-corrected chi connectivity index (χ4v) is 2.20. The summed E-state index contributed by atoms with van der Waals surface area (Å²) in [5, 5.41) is 3.44. The molecule has 2 aromatic rings. The normalized spacial score (nSPS) is 10.6. The second kappa shape index (κ2) is 7.05. The van der Waals surface area contributed by atoms with E-state index >= 15 is 0 Å². The van der Waals surface area contributed by atoms with E-state index in [0.29, 0.717) is 0 Å². The number of pyridine rings is 1. The van der Waals surface area contributed by atoms with Crippen molar-refractivity contribution in [3.8, 4) is 0 Å². The zero-order valence-corrected chi connectivity index (χ0v) is 11.8. The van der Waals surface area contributed by atoms with Crippen LogP contribution in [-0.4, -0.2) is 11.5 Å². The smallest absolute Gasteiger partial charge is 0.0270 e. The largest absolute Gasteiger partial charge is 0.313 e. The minimum Gasteiger partial charge on any atom is -0.313 e. The fourth-order valence-electron chi connectivity index (χ4n) is 2.20. The minimum atomic E-state index is 0.963. The molecule has 1 N–H and O–H groups in total. The van der Waals surface area contributed by atoms with E-state index in [1.54, 1.807) is 0 Å². The van der Waals surface area contributed by atoms with Crippen molar-refractivity contribution in [3.63, 3.8) is 0 Å². The van der Waals surface area contributed by atoms with Gasteiger partial charge in [0.05, 0.1) is 0 Å². The van der Waals surface area contributed by atoms with Crippen LogP contribution in [0.4, 0.5) is 0 Å². The molecule has 2 nitrogen and oxygen atoms in total. The Morgan fingerprint density at radius 3 is 2.53 bits per heavy atom. The van der Waals surface area contributed by atoms with Gasteiger partial charge in [0, 0.05) is 18.9 Å². The highest BCUT2D eigenvalue weighted by Crippen LogP contribution is 2.15. The average Bonchev–Trinajstić information content (AvgIpc) is 2.43. The monoisotopic (exact) mass is 254 g/mol. The Hall–Kier alpha value is -1.67. The number of hydrogen-bond acceptors (Lipinski definition) is 2. The topological polar surface area (TPSA) is 24.9 Å². The summed E-state index contributed by atoms with van der Waals surface area (Å²) in [7, 11) is 0. The van der Waals surface area contributed by atoms with Crippen LogP contribution in [0.2, 0.25) is 0 Å². The Kier molecular flexibility index (Phi) is 5.10. The van der Waals surface area contributed by atoms with Crippen molar-refractivity contribution in [3.05, 3.63) is 65.0 Å². The van der Waals surface area contributed by atoms with Crippen LogP contribution in [0.1, 0.15) is 35.6 Å². The Labute approximate surface area is 115 Å². The maximum absolute atomic E-state index is 4.06. The lowest BCUT2D eigenvalue weighted by Crippen LogP contribution is -2.13. The first-order valence-corrected chi connectivity index (χ1v) is 6.97. The first-order valence-electron chi connectivity index (χ1n) is 6.97. The number of hydrogen-bond donors (Lipinski definition) is 1. The Morgan fingerprint density at radius 2 is 1.84 bits per heavy atom. The number of aromatic nitrogens is 1. The summed E-state index contributed by atoms with van der Waals surface area (Å²) in [4.78, 5) is 4.06. The molecule has 0 aliphatic heterocycles. The van der Waals surface area contributed by atoms with Gasteiger partial charge in [0.15, 0.2) is 0 Å². The zero-order chi connectivity index (χ0) is 13.5. The SMILES string of the molecule is CCCNCc1ccc(Cc2ccncc2)c(C)c1. The third-order valence-corrected chi connectivity index (χ3v) is 3.31. The van der Waals surface area contributed by atoms with Gasteiger partial charge in [0.25, 0.3) is 0 Å². The lowest BCUT2D eigenvalue weighted by molar-refractivity contribution is 0.675. The summed E-state index contributed by atoms with van der Waals surface area (Å²) in [5.74, 6) is 0. The maximum atomic E-state index is 4.06. The quantitative estimate of drug-likeness (QED) is 0.798. The standard InChI is InChI=1S/C17H22N2/c1-3-8-19-13-16-4-5-17(14(2)11-16)12-15-6-9-18-10-7-15/h4-7,9-11,19H,3,8,12-13H2,1-2H3. The van der Waals surface area contributed by atoms with Crippen molar-refractivity contribution >= 4 is 0 Å². The highest BCUT2D eigenvalue weighted by Gasteiger charge is 2.01. The minimum absolute atomic E-state index is 0.963. The third kappa shape index (κ3) is 4.18. The van der Waals surface area contributed by atoms with Crippen molar-refractivity contribution in [1.29, 1.82) is 0 Å². The van der Waals surface area contributed by atoms with Gasteiger partial charge in [-0.25, -0.2) is 0 Å². The number of benzene rings is 1. The van der Waals surface area contributed by atoms with Crippen molar-refractivity contribution in [2.75, 3.05) is 6.54 Å². The van der Waals surface area contributed by atoms with Crippen molar-refractivity contribution in [2.24, 2.45) is 0 Å². The molecule has 2 rings (SSSR count). The maximum Gasteiger partial charge on any atom is 0.0270 e. The molecule has 1 aromatic heterocycles. The van der Waals surface area contributed by atoms with E-state index in [2.05, 4.69) is 54.5 Å². The molecule has 1 aromatic carbocycles. The van der Waals surface area contributed by atoms with Crippen molar-refractivity contribution in [2.45, 2.75) is 33.2 Å². The van der Waals surface area contributed by atoms with E-state index in [-0.39, 0.29) is 0 Å². The highest BCUT2D eigenvalue weighted by molar-refractivity contribution is 5.34. The summed E-state index contributed by atoms with van der Waals surface area (Å²) < 4.78 is 0. The first kappa shape index (κ1) is 13.8. The molecule has 2 heteroatoms. The fraction of sp³-hybridized carbons (Fsp3) is 0.353. The molecular formula is C17H22N2. The van der Waals surface area contributed by atoms with Gasteiger partial charge >= 0.3 is 0 Å². The molecule has 0 aliphatic carbocycles. The van der Waals surface area contributed by atoms with Gasteiger partial charge in [-0.2, -0.15) is 0 Å². The molecule has 1 heterocycles. The van der Waals surface area contributed by atoms with Gasteiger partial charge in [-0.05, 0) is 60.7 Å². The third-order valence-electron chi connectivity index (χ3n) is 3.31. The lowest BCUT2D eigenvalue weighted by Gasteiger charge is -2.09. The van der Waals surface area contributed by atoms with Gasteiger partial charge in [-0.1, -0.05) is 25.1 Å². The molecule has 0 radical (unpaired) electrons. The second-order valence-corrected chi connectivity index (χ2v) is 4.97. The average molecular weight is 254 g/mol. The van der Waals surface area contributed by atoms with Crippen molar-refractivity contribution in [1.82, 2.24) is 10.3 Å². The van der Waals surface area contributed by atoms with Gasteiger partial charge in [-0.3, -0.25) is 4.98 Å². The molecule has 100 valence electrons. The Morgan fingerprint density at radius 1 is 1.05 bits per heavy atom. The molecule has 0 amide bonds. The van der Waals surface area contributed by atoms with Crippen LogP contribution in [0, 0.1) is 6.92 Å². The van der Waals surface area contributed by atoms with E-state index in [1.165, 1.54) is 28.7 Å². The second-order valence-electron chi connectivity index (χ2n) is 4.97. The predicted molar refractivity (Wildman–Crippen MR) is 80.2 cm³/mol. The summed E-state index contributed by atoms with van der Waals surface area (Å²) >= 11 is 0. The van der Waals surface area contributed by atoms with Crippen molar-refractivity contribution < 1.29 is 0 Å². The number of rotatable bonds is 6. The Bertz CT molecular complexity index is 506. The molecule has 0 atom stereocenters. The van der Waals surface area contributed by atoms with Gasteiger partial charge < -0.3 is 5.32 Å². The van der Waals surface area contributed by atoms with Crippen LogP contribution in [0.3, 0.4) is 0 Å². The van der Waals surface area contributed by atoms with Crippen LogP contribution < -0.4 is 5.32 Å². The summed E-state index contributed by atoms with van der Waals surface area (Å²) in [6.45, 7) is 6.43. The first-order chi connectivity index (χ1) is 9.29. The van der Waals surface area contributed by atoms with Crippen LogP contribution in [0.25, 0.3) is 0 Å². The van der Waals surface area contributed by atoms with Crippen LogP contribution in [0.5, 0.6) is 0 Å². The molecule has 0 bridgehead atoms. The zero-order valence-electron chi connectivity index (χ0n) is 11.8. The van der Waals surface area contributed by atoms with E-state index in [4.69, 9.17) is 0 Å². The van der Waals surface area contributed by atoms with Gasteiger partial charge in [-0.15, -0.1) is 0 Å². The number of aryl methyl sites for hydroxylation is 1. The summed E-state index contributed by atoms with van der Waals surface area (Å²) in [6.07, 6.45) is 5.87. The highest BCUT2D eigenvalue weighted by atomic mass is 14.8. The predicted octanol–water partition coefficient (Wildman–Crippen LogP) is 3.48. The summed E-state index contributed by atoms with van der Waals surface area (Å²) in [5.41, 5.74) is 5.44. The van der Waals surface area contributed by atoms with Gasteiger partial charge in [0.1, 0.15) is 0 Å².